The fourth-order valence-electron chi connectivity index (χ4n) is 3.13. The van der Waals surface area contributed by atoms with Gasteiger partial charge in [0.05, 0.1) is 18.3 Å². The van der Waals surface area contributed by atoms with Crippen molar-refractivity contribution in [2.24, 2.45) is 0 Å². The zero-order valence-electron chi connectivity index (χ0n) is 11.2. The Morgan fingerprint density at radius 2 is 2.25 bits per heavy atom. The van der Waals surface area contributed by atoms with E-state index in [9.17, 15) is 0 Å². The average Bonchev–Trinajstić information content (AvgIpc) is 3.18. The maximum atomic E-state index is 5.93. The van der Waals surface area contributed by atoms with Crippen LogP contribution in [0.2, 0.25) is 0 Å². The van der Waals surface area contributed by atoms with E-state index in [1.54, 1.807) is 0 Å². The van der Waals surface area contributed by atoms with Gasteiger partial charge in [-0.25, -0.2) is 0 Å². The topological polar surface area (TPSA) is 45.1 Å². The maximum Gasteiger partial charge on any atom is 0.134 e. The van der Waals surface area contributed by atoms with Crippen LogP contribution in [0.25, 0.3) is 11.0 Å². The Kier molecular flexibility index (Phi) is 2.81. The molecule has 1 aromatic carbocycles. The molecule has 1 unspecified atom stereocenters. The van der Waals surface area contributed by atoms with E-state index in [2.05, 4.69) is 33.3 Å². The Balaban J connectivity index is 1.58. The highest BCUT2D eigenvalue weighted by molar-refractivity contribution is 5.77. The summed E-state index contributed by atoms with van der Waals surface area (Å²) in [6.07, 6.45) is 4.24. The first-order valence-electron chi connectivity index (χ1n) is 7.11. The van der Waals surface area contributed by atoms with Crippen molar-refractivity contribution < 1.29 is 4.42 Å². The summed E-state index contributed by atoms with van der Waals surface area (Å²) >= 11 is 0. The molecule has 4 nitrogen and oxygen atoms in total. The van der Waals surface area contributed by atoms with E-state index in [4.69, 9.17) is 4.42 Å². The molecule has 1 fully saturated rings. The van der Waals surface area contributed by atoms with Crippen molar-refractivity contribution in [1.82, 2.24) is 15.1 Å². The van der Waals surface area contributed by atoms with Crippen molar-refractivity contribution in [3.8, 4) is 0 Å². The summed E-state index contributed by atoms with van der Waals surface area (Å²) in [5.74, 6) is 1.04. The summed E-state index contributed by atoms with van der Waals surface area (Å²) in [5, 5.41) is 8.35. The molecule has 20 heavy (non-hydrogen) atoms. The molecular weight excluding hydrogens is 250 g/mol. The number of rotatable bonds is 3. The number of hydrogen-bond donors (Lipinski definition) is 1. The lowest BCUT2D eigenvalue weighted by Crippen LogP contribution is -2.22. The normalized spacial score (nSPS) is 19.9. The highest BCUT2D eigenvalue weighted by Crippen LogP contribution is 2.32. The van der Waals surface area contributed by atoms with Gasteiger partial charge in [0, 0.05) is 11.6 Å². The maximum absolute atomic E-state index is 5.93. The molecule has 1 saturated heterocycles. The number of aromatic amines is 1. The lowest BCUT2D eigenvalue weighted by atomic mass is 10.1. The van der Waals surface area contributed by atoms with Gasteiger partial charge >= 0.3 is 0 Å². The van der Waals surface area contributed by atoms with Crippen LogP contribution in [0, 0.1) is 0 Å². The summed E-state index contributed by atoms with van der Waals surface area (Å²) in [7, 11) is 0. The third-order valence-corrected chi connectivity index (χ3v) is 4.08. The first-order valence-corrected chi connectivity index (χ1v) is 7.11. The number of furan rings is 1. The van der Waals surface area contributed by atoms with Crippen LogP contribution in [0.5, 0.6) is 0 Å². The third-order valence-electron chi connectivity index (χ3n) is 4.08. The van der Waals surface area contributed by atoms with Gasteiger partial charge in [-0.3, -0.25) is 10.00 Å². The Hall–Kier alpha value is -2.07. The van der Waals surface area contributed by atoms with E-state index < -0.39 is 0 Å². The third kappa shape index (κ3) is 2.02. The number of hydrogen-bond acceptors (Lipinski definition) is 3. The van der Waals surface area contributed by atoms with Crippen molar-refractivity contribution in [2.45, 2.75) is 25.4 Å². The van der Waals surface area contributed by atoms with Crippen LogP contribution in [0.1, 0.15) is 30.3 Å². The minimum atomic E-state index is 0.436. The van der Waals surface area contributed by atoms with Gasteiger partial charge in [0.25, 0.3) is 0 Å². The van der Waals surface area contributed by atoms with Crippen molar-refractivity contribution in [3.63, 3.8) is 0 Å². The smallest absolute Gasteiger partial charge is 0.134 e. The molecule has 102 valence electrons. The summed E-state index contributed by atoms with van der Waals surface area (Å²) in [6.45, 7) is 1.97. The van der Waals surface area contributed by atoms with Crippen LogP contribution in [0.4, 0.5) is 0 Å². The zero-order valence-corrected chi connectivity index (χ0v) is 11.2. The molecular formula is C16H17N3O. The Morgan fingerprint density at radius 3 is 3.10 bits per heavy atom. The standard InChI is InChI=1S/C16H17N3O/c1-2-6-16-12(4-1)10-13(20-16)11-19-9-3-5-15(19)14-7-8-17-18-14/h1-2,4,6-8,10,15H,3,5,9,11H2,(H,17,18). The van der Waals surface area contributed by atoms with E-state index in [1.165, 1.54) is 23.9 Å². The average molecular weight is 267 g/mol. The van der Waals surface area contributed by atoms with Crippen LogP contribution >= 0.6 is 0 Å². The largest absolute Gasteiger partial charge is 0.460 e. The van der Waals surface area contributed by atoms with E-state index in [1.807, 2.05) is 24.4 Å². The Morgan fingerprint density at radius 1 is 1.30 bits per heavy atom. The summed E-state index contributed by atoms with van der Waals surface area (Å²) < 4.78 is 5.93. The fourth-order valence-corrected chi connectivity index (χ4v) is 3.13. The monoisotopic (exact) mass is 267 g/mol. The molecule has 0 aliphatic carbocycles. The van der Waals surface area contributed by atoms with Gasteiger partial charge in [0.2, 0.25) is 0 Å². The lowest BCUT2D eigenvalue weighted by molar-refractivity contribution is 0.226. The molecule has 4 heteroatoms. The second-order valence-corrected chi connectivity index (χ2v) is 5.39. The molecule has 1 atom stereocenters. The van der Waals surface area contributed by atoms with Crippen LogP contribution in [0.3, 0.4) is 0 Å². The number of fused-ring (bicyclic) bond motifs is 1. The van der Waals surface area contributed by atoms with Gasteiger partial charge in [0.1, 0.15) is 11.3 Å². The Labute approximate surface area is 117 Å². The molecule has 0 bridgehead atoms. The molecule has 2 aromatic heterocycles. The molecule has 4 rings (SSSR count). The molecule has 0 radical (unpaired) electrons. The summed E-state index contributed by atoms with van der Waals surface area (Å²) in [5.41, 5.74) is 2.18. The quantitative estimate of drug-likeness (QED) is 0.790. The van der Waals surface area contributed by atoms with Crippen molar-refractivity contribution in [3.05, 3.63) is 54.0 Å². The number of benzene rings is 1. The van der Waals surface area contributed by atoms with Crippen LogP contribution in [0.15, 0.2) is 47.0 Å². The van der Waals surface area contributed by atoms with Crippen LogP contribution < -0.4 is 0 Å². The number of nitrogens with zero attached hydrogens (tertiary/aromatic N) is 2. The number of H-pyrrole nitrogens is 1. The lowest BCUT2D eigenvalue weighted by Gasteiger charge is -2.22. The minimum absolute atomic E-state index is 0.436. The fraction of sp³-hybridized carbons (Fsp3) is 0.312. The Bertz CT molecular complexity index is 668. The van der Waals surface area contributed by atoms with E-state index in [-0.39, 0.29) is 0 Å². The number of nitrogens with one attached hydrogen (secondary N) is 1. The first-order chi connectivity index (χ1) is 9.90. The van der Waals surface area contributed by atoms with Crippen LogP contribution in [-0.2, 0) is 6.54 Å². The summed E-state index contributed by atoms with van der Waals surface area (Å²) in [4.78, 5) is 2.46. The zero-order chi connectivity index (χ0) is 13.4. The highest BCUT2D eigenvalue weighted by Gasteiger charge is 2.27. The van der Waals surface area contributed by atoms with Gasteiger partial charge in [-0.05, 0) is 37.6 Å². The van der Waals surface area contributed by atoms with E-state index in [0.717, 1.165) is 24.4 Å². The summed E-state index contributed by atoms with van der Waals surface area (Å²) in [6, 6.07) is 12.8. The van der Waals surface area contributed by atoms with Crippen molar-refractivity contribution in [2.75, 3.05) is 6.54 Å². The molecule has 0 amide bonds. The van der Waals surface area contributed by atoms with Gasteiger partial charge in [-0.1, -0.05) is 18.2 Å². The second kappa shape index (κ2) is 4.80. The minimum Gasteiger partial charge on any atom is -0.460 e. The van der Waals surface area contributed by atoms with Gasteiger partial charge in [-0.2, -0.15) is 5.10 Å². The first kappa shape index (κ1) is 11.7. The molecule has 0 spiro atoms. The van der Waals surface area contributed by atoms with Gasteiger partial charge in [0.15, 0.2) is 0 Å². The SMILES string of the molecule is c1ccc2oc(CN3CCCC3c3ccn[nH]3)cc2c1. The van der Waals surface area contributed by atoms with E-state index >= 15 is 0 Å². The number of likely N-dealkylation sites (tertiary alicyclic amines) is 1. The van der Waals surface area contributed by atoms with Gasteiger partial charge < -0.3 is 4.42 Å². The molecule has 1 N–H and O–H groups in total. The molecule has 1 aliphatic heterocycles. The van der Waals surface area contributed by atoms with Crippen molar-refractivity contribution >= 4 is 11.0 Å². The van der Waals surface area contributed by atoms with E-state index in [0.29, 0.717) is 6.04 Å². The number of para-hydroxylation sites is 1. The number of aromatic nitrogens is 2. The second-order valence-electron chi connectivity index (χ2n) is 5.39. The molecule has 3 aromatic rings. The predicted molar refractivity (Wildman–Crippen MR) is 77.2 cm³/mol. The molecule has 3 heterocycles. The predicted octanol–water partition coefficient (Wildman–Crippen LogP) is 3.49. The van der Waals surface area contributed by atoms with Gasteiger partial charge in [-0.15, -0.1) is 0 Å². The van der Waals surface area contributed by atoms with Crippen molar-refractivity contribution in [1.29, 1.82) is 0 Å². The van der Waals surface area contributed by atoms with Crippen LogP contribution in [-0.4, -0.2) is 21.6 Å². The molecule has 1 aliphatic rings. The molecule has 0 saturated carbocycles. The highest BCUT2D eigenvalue weighted by atomic mass is 16.3.